The van der Waals surface area contributed by atoms with Gasteiger partial charge in [0.2, 0.25) is 5.75 Å². The Bertz CT molecular complexity index is 900. The molecule has 0 aromatic heterocycles. The Morgan fingerprint density at radius 2 is 1.93 bits per heavy atom. The first-order valence-corrected chi connectivity index (χ1v) is 9.00. The second-order valence-electron chi connectivity index (χ2n) is 6.26. The van der Waals surface area contributed by atoms with Crippen LogP contribution in [0.5, 0.6) is 11.5 Å². The lowest BCUT2D eigenvalue weighted by Crippen LogP contribution is -2.33. The number of hydrogen-bond acceptors (Lipinski definition) is 6. The molecule has 0 heterocycles. The molecule has 0 aliphatic heterocycles. The molecule has 154 valence electrons. The molecular weight excluding hydrogens is 378 g/mol. The number of hydrogen-bond donors (Lipinski definition) is 2. The first-order valence-electron chi connectivity index (χ1n) is 9.00. The van der Waals surface area contributed by atoms with E-state index in [1.165, 1.54) is 25.3 Å². The largest absolute Gasteiger partial charge is 0.490 e. The topological polar surface area (TPSA) is 120 Å². The summed E-state index contributed by atoms with van der Waals surface area (Å²) in [5.74, 6) is -0.493. The molecule has 0 bridgehead atoms. The van der Waals surface area contributed by atoms with E-state index in [9.17, 15) is 19.7 Å². The number of methoxy groups -OCH3 is 1. The molecule has 1 atom stereocenters. The van der Waals surface area contributed by atoms with Gasteiger partial charge >= 0.3 is 5.69 Å². The number of nitrogens with zero attached hydrogens (tertiary/aromatic N) is 1. The van der Waals surface area contributed by atoms with E-state index in [0.717, 1.165) is 6.42 Å². The molecular formula is C20H23N3O6. The van der Waals surface area contributed by atoms with Gasteiger partial charge in [-0.05, 0) is 31.5 Å². The van der Waals surface area contributed by atoms with Crippen molar-refractivity contribution < 1.29 is 24.0 Å². The number of benzene rings is 2. The van der Waals surface area contributed by atoms with Crippen LogP contribution >= 0.6 is 0 Å². The van der Waals surface area contributed by atoms with Gasteiger partial charge in [-0.2, -0.15) is 0 Å². The van der Waals surface area contributed by atoms with Crippen LogP contribution in [0.1, 0.15) is 30.6 Å². The number of carbonyl (C=O) groups is 2. The van der Waals surface area contributed by atoms with E-state index >= 15 is 0 Å². The molecule has 0 saturated heterocycles. The summed E-state index contributed by atoms with van der Waals surface area (Å²) >= 11 is 0. The zero-order valence-corrected chi connectivity index (χ0v) is 16.4. The summed E-state index contributed by atoms with van der Waals surface area (Å²) in [6.07, 6.45) is 0.785. The van der Waals surface area contributed by atoms with Crippen molar-refractivity contribution in [1.82, 2.24) is 5.32 Å². The van der Waals surface area contributed by atoms with Crippen LogP contribution in [0.3, 0.4) is 0 Å². The number of rotatable bonds is 9. The van der Waals surface area contributed by atoms with Gasteiger partial charge in [-0.25, -0.2) is 0 Å². The molecule has 0 radical (unpaired) electrons. The average molecular weight is 401 g/mol. The van der Waals surface area contributed by atoms with Crippen LogP contribution < -0.4 is 20.1 Å². The van der Waals surface area contributed by atoms with Crippen molar-refractivity contribution in [3.8, 4) is 11.5 Å². The Balaban J connectivity index is 2.03. The fourth-order valence-electron chi connectivity index (χ4n) is 2.43. The Labute approximate surface area is 168 Å². The zero-order chi connectivity index (χ0) is 21.4. The summed E-state index contributed by atoms with van der Waals surface area (Å²) in [5.41, 5.74) is 0.506. The van der Waals surface area contributed by atoms with E-state index in [-0.39, 0.29) is 35.7 Å². The Morgan fingerprint density at radius 1 is 1.21 bits per heavy atom. The van der Waals surface area contributed by atoms with Crippen LogP contribution in [0.15, 0.2) is 42.5 Å². The smallest absolute Gasteiger partial charge is 0.311 e. The summed E-state index contributed by atoms with van der Waals surface area (Å²) in [4.78, 5) is 35.0. The molecule has 2 rings (SSSR count). The Morgan fingerprint density at radius 3 is 2.59 bits per heavy atom. The number of nitro benzene ring substituents is 1. The van der Waals surface area contributed by atoms with Crippen molar-refractivity contribution in [1.29, 1.82) is 0 Å². The lowest BCUT2D eigenvalue weighted by molar-refractivity contribution is -0.385. The molecule has 2 aromatic rings. The number of nitro groups is 1. The maximum absolute atomic E-state index is 12.4. The molecule has 29 heavy (non-hydrogen) atoms. The fraction of sp³-hybridized carbons (Fsp3) is 0.300. The van der Waals surface area contributed by atoms with Crippen molar-refractivity contribution in [3.63, 3.8) is 0 Å². The SMILES string of the molecule is CCC(C)NC(=O)c1ccccc1NC(=O)COc1ccc([N+](=O)[O-])c(OC)c1. The molecule has 2 amide bonds. The summed E-state index contributed by atoms with van der Waals surface area (Å²) in [6, 6.07) is 10.6. The van der Waals surface area contributed by atoms with Gasteiger partial charge in [0.1, 0.15) is 5.75 Å². The van der Waals surface area contributed by atoms with Gasteiger partial charge in [-0.1, -0.05) is 19.1 Å². The highest BCUT2D eigenvalue weighted by Crippen LogP contribution is 2.30. The highest BCUT2D eigenvalue weighted by molar-refractivity contribution is 6.04. The van der Waals surface area contributed by atoms with E-state index in [2.05, 4.69) is 10.6 Å². The maximum atomic E-state index is 12.4. The van der Waals surface area contributed by atoms with Crippen molar-refractivity contribution in [3.05, 3.63) is 58.1 Å². The zero-order valence-electron chi connectivity index (χ0n) is 16.4. The fourth-order valence-corrected chi connectivity index (χ4v) is 2.43. The number of para-hydroxylation sites is 1. The van der Waals surface area contributed by atoms with Crippen LogP contribution in [0.2, 0.25) is 0 Å². The van der Waals surface area contributed by atoms with Crippen molar-refractivity contribution in [2.75, 3.05) is 19.0 Å². The quantitative estimate of drug-likeness (QED) is 0.492. The number of ether oxygens (including phenoxy) is 2. The first kappa shape index (κ1) is 21.7. The van der Waals surface area contributed by atoms with Gasteiger partial charge in [0.15, 0.2) is 6.61 Å². The van der Waals surface area contributed by atoms with E-state index in [1.807, 2.05) is 13.8 Å². The molecule has 9 heteroatoms. The summed E-state index contributed by atoms with van der Waals surface area (Å²) < 4.78 is 10.4. The minimum absolute atomic E-state index is 0.00621. The number of amides is 2. The third-order valence-corrected chi connectivity index (χ3v) is 4.15. The van der Waals surface area contributed by atoms with E-state index in [0.29, 0.717) is 11.3 Å². The van der Waals surface area contributed by atoms with Gasteiger partial charge < -0.3 is 20.1 Å². The molecule has 0 saturated carbocycles. The van der Waals surface area contributed by atoms with Crippen LogP contribution in [-0.4, -0.2) is 36.5 Å². The lowest BCUT2D eigenvalue weighted by Gasteiger charge is -2.15. The summed E-state index contributed by atoms with van der Waals surface area (Å²) in [7, 11) is 1.31. The van der Waals surface area contributed by atoms with E-state index in [1.54, 1.807) is 24.3 Å². The van der Waals surface area contributed by atoms with E-state index < -0.39 is 10.8 Å². The van der Waals surface area contributed by atoms with Gasteiger partial charge in [0, 0.05) is 18.2 Å². The standard InChI is InChI=1S/C20H23N3O6/c1-4-13(2)21-20(25)15-7-5-6-8-16(15)22-19(24)12-29-14-9-10-17(23(26)27)18(11-14)28-3/h5-11,13H,4,12H2,1-3H3,(H,21,25)(H,22,24). The third-order valence-electron chi connectivity index (χ3n) is 4.15. The second kappa shape index (κ2) is 10.1. The monoisotopic (exact) mass is 401 g/mol. The van der Waals surface area contributed by atoms with E-state index in [4.69, 9.17) is 9.47 Å². The van der Waals surface area contributed by atoms with Crippen LogP contribution in [0.4, 0.5) is 11.4 Å². The lowest BCUT2D eigenvalue weighted by atomic mass is 10.1. The molecule has 9 nitrogen and oxygen atoms in total. The van der Waals surface area contributed by atoms with Crippen LogP contribution in [-0.2, 0) is 4.79 Å². The summed E-state index contributed by atoms with van der Waals surface area (Å²) in [6.45, 7) is 3.51. The van der Waals surface area contributed by atoms with Crippen LogP contribution in [0.25, 0.3) is 0 Å². The second-order valence-corrected chi connectivity index (χ2v) is 6.26. The Hall–Kier alpha value is -3.62. The highest BCUT2D eigenvalue weighted by Gasteiger charge is 2.17. The van der Waals surface area contributed by atoms with Gasteiger partial charge in [0.25, 0.3) is 11.8 Å². The predicted octanol–water partition coefficient (Wildman–Crippen LogP) is 3.15. The highest BCUT2D eigenvalue weighted by atomic mass is 16.6. The molecule has 0 aliphatic carbocycles. The average Bonchev–Trinajstić information content (AvgIpc) is 2.72. The molecule has 1 unspecified atom stereocenters. The predicted molar refractivity (Wildman–Crippen MR) is 107 cm³/mol. The molecule has 0 spiro atoms. The van der Waals surface area contributed by atoms with Crippen LogP contribution in [0, 0.1) is 10.1 Å². The van der Waals surface area contributed by atoms with Gasteiger partial charge in [0.05, 0.1) is 23.3 Å². The first-order chi connectivity index (χ1) is 13.8. The normalized spacial score (nSPS) is 11.3. The van der Waals surface area contributed by atoms with Crippen molar-refractivity contribution in [2.24, 2.45) is 0 Å². The van der Waals surface area contributed by atoms with Crippen molar-refractivity contribution >= 4 is 23.2 Å². The molecule has 2 N–H and O–H groups in total. The Kier molecular flexibility index (Phi) is 7.53. The maximum Gasteiger partial charge on any atom is 0.311 e. The minimum atomic E-state index is -0.573. The third kappa shape index (κ3) is 5.93. The van der Waals surface area contributed by atoms with Crippen molar-refractivity contribution in [2.45, 2.75) is 26.3 Å². The molecule has 0 fully saturated rings. The van der Waals surface area contributed by atoms with Gasteiger partial charge in [-0.15, -0.1) is 0 Å². The molecule has 2 aromatic carbocycles. The number of carbonyl (C=O) groups excluding carboxylic acids is 2. The molecule has 0 aliphatic rings. The number of anilines is 1. The van der Waals surface area contributed by atoms with Gasteiger partial charge in [-0.3, -0.25) is 19.7 Å². The summed E-state index contributed by atoms with van der Waals surface area (Å²) in [5, 5.41) is 16.4. The minimum Gasteiger partial charge on any atom is -0.490 e. The number of nitrogens with one attached hydrogen (secondary N) is 2.